The van der Waals surface area contributed by atoms with Crippen molar-refractivity contribution in [2.75, 3.05) is 41.7 Å². The number of nitrogens with one attached hydrogen (secondary N) is 2. The second kappa shape index (κ2) is 10.6. The monoisotopic (exact) mass is 506 g/mol. The third-order valence-electron chi connectivity index (χ3n) is 5.02. The van der Waals surface area contributed by atoms with E-state index in [1.807, 2.05) is 18.2 Å². The molecule has 4 rings (SSSR count). The van der Waals surface area contributed by atoms with Crippen molar-refractivity contribution in [2.45, 2.75) is 12.8 Å². The Morgan fingerprint density at radius 3 is 2.43 bits per heavy atom. The van der Waals surface area contributed by atoms with Gasteiger partial charge in [-0.3, -0.25) is 10.1 Å². The van der Waals surface area contributed by atoms with Crippen LogP contribution in [0.2, 0.25) is 0 Å². The number of ether oxygens (including phenoxy) is 1. The maximum Gasteiger partial charge on any atom is 0.573 e. The molecule has 0 spiro atoms. The van der Waals surface area contributed by atoms with Crippen molar-refractivity contribution < 1.29 is 27.5 Å². The highest BCUT2D eigenvalue weighted by molar-refractivity contribution is 7.13. The molecule has 13 heteroatoms. The molecule has 1 saturated heterocycles. The van der Waals surface area contributed by atoms with Gasteiger partial charge in [-0.05, 0) is 36.4 Å². The molecule has 0 saturated carbocycles. The van der Waals surface area contributed by atoms with Crippen molar-refractivity contribution in [2.24, 2.45) is 0 Å². The number of halogens is 3. The van der Waals surface area contributed by atoms with Crippen LogP contribution in [0.25, 0.3) is 0 Å². The highest BCUT2D eigenvalue weighted by atomic mass is 32.1. The molecule has 9 nitrogen and oxygen atoms in total. The second-order valence-electron chi connectivity index (χ2n) is 7.53. The smallest absolute Gasteiger partial charge is 0.406 e. The summed E-state index contributed by atoms with van der Waals surface area (Å²) in [7, 11) is 0. The van der Waals surface area contributed by atoms with E-state index in [1.54, 1.807) is 16.5 Å². The number of alkyl halides is 3. The number of hydrogen-bond donors (Lipinski definition) is 2. The van der Waals surface area contributed by atoms with Gasteiger partial charge in [-0.1, -0.05) is 6.07 Å². The molecular formula is C22H21F3N6O3S. The fourth-order valence-corrected chi connectivity index (χ4v) is 4.11. The number of hydrogen-bond acceptors (Lipinski definition) is 7. The third kappa shape index (κ3) is 7.06. The van der Waals surface area contributed by atoms with Crippen molar-refractivity contribution in [1.29, 1.82) is 0 Å². The minimum Gasteiger partial charge on any atom is -0.406 e. The summed E-state index contributed by atoms with van der Waals surface area (Å²) in [4.78, 5) is 37.3. The molecule has 1 aliphatic heterocycles. The number of pyridine rings is 1. The summed E-state index contributed by atoms with van der Waals surface area (Å²) in [5.41, 5.74) is 0.776. The summed E-state index contributed by atoms with van der Waals surface area (Å²) in [5, 5.41) is 7.38. The number of thiazole rings is 1. The lowest BCUT2D eigenvalue weighted by atomic mass is 10.2. The quantitative estimate of drug-likeness (QED) is 0.525. The molecule has 1 fully saturated rings. The van der Waals surface area contributed by atoms with Gasteiger partial charge in [-0.2, -0.15) is 0 Å². The number of aromatic nitrogens is 2. The Hall–Kier alpha value is -3.87. The lowest BCUT2D eigenvalue weighted by molar-refractivity contribution is -0.274. The van der Waals surface area contributed by atoms with Crippen LogP contribution >= 0.6 is 11.3 Å². The van der Waals surface area contributed by atoms with Crippen LogP contribution < -0.4 is 20.3 Å². The van der Waals surface area contributed by atoms with E-state index in [4.69, 9.17) is 0 Å². The van der Waals surface area contributed by atoms with Gasteiger partial charge < -0.3 is 19.9 Å². The van der Waals surface area contributed by atoms with Crippen molar-refractivity contribution in [3.05, 3.63) is 59.7 Å². The normalized spacial score (nSPS) is 13.9. The van der Waals surface area contributed by atoms with E-state index in [1.165, 1.54) is 23.5 Å². The van der Waals surface area contributed by atoms with E-state index in [2.05, 4.69) is 30.2 Å². The van der Waals surface area contributed by atoms with Crippen molar-refractivity contribution >= 4 is 39.9 Å². The fourth-order valence-electron chi connectivity index (χ4n) is 3.41. The molecule has 2 aromatic heterocycles. The number of urea groups is 1. The minimum atomic E-state index is -4.78. The van der Waals surface area contributed by atoms with E-state index in [9.17, 15) is 22.8 Å². The first-order valence-corrected chi connectivity index (χ1v) is 11.4. The van der Waals surface area contributed by atoms with Crippen LogP contribution in [0.4, 0.5) is 34.6 Å². The van der Waals surface area contributed by atoms with Gasteiger partial charge in [0.1, 0.15) is 11.6 Å². The SMILES string of the molecule is O=C(Cc1csc(NC(=O)N2CCN(c3ccccn3)CC2)n1)Nc1ccc(OC(F)(F)F)cc1. The highest BCUT2D eigenvalue weighted by Gasteiger charge is 2.31. The fraction of sp³-hybridized carbons (Fsp3) is 0.273. The average molecular weight is 507 g/mol. The maximum absolute atomic E-state index is 12.6. The van der Waals surface area contributed by atoms with Gasteiger partial charge in [-0.15, -0.1) is 24.5 Å². The van der Waals surface area contributed by atoms with Gasteiger partial charge in [0.15, 0.2) is 5.13 Å². The molecule has 0 unspecified atom stereocenters. The van der Waals surface area contributed by atoms with Crippen LogP contribution in [0.15, 0.2) is 54.0 Å². The number of benzene rings is 1. The van der Waals surface area contributed by atoms with Gasteiger partial charge in [-0.25, -0.2) is 14.8 Å². The lowest BCUT2D eigenvalue weighted by Crippen LogP contribution is -2.50. The highest BCUT2D eigenvalue weighted by Crippen LogP contribution is 2.24. The summed E-state index contributed by atoms with van der Waals surface area (Å²) in [6.45, 7) is 2.40. The molecule has 3 amide bonds. The lowest BCUT2D eigenvalue weighted by Gasteiger charge is -2.35. The number of piperazine rings is 1. The van der Waals surface area contributed by atoms with E-state index in [0.29, 0.717) is 42.7 Å². The van der Waals surface area contributed by atoms with E-state index in [0.717, 1.165) is 18.0 Å². The second-order valence-corrected chi connectivity index (χ2v) is 8.39. The number of nitrogens with zero attached hydrogens (tertiary/aromatic N) is 4. The Bertz CT molecular complexity index is 1150. The van der Waals surface area contributed by atoms with Gasteiger partial charge >= 0.3 is 12.4 Å². The van der Waals surface area contributed by atoms with Crippen LogP contribution in [0, 0.1) is 0 Å². The molecule has 0 aliphatic carbocycles. The molecule has 35 heavy (non-hydrogen) atoms. The maximum atomic E-state index is 12.6. The van der Waals surface area contributed by atoms with Crippen LogP contribution in [0.1, 0.15) is 5.69 Å². The summed E-state index contributed by atoms with van der Waals surface area (Å²) < 4.78 is 40.5. The van der Waals surface area contributed by atoms with Gasteiger partial charge in [0.25, 0.3) is 0 Å². The zero-order valence-corrected chi connectivity index (χ0v) is 19.1. The van der Waals surface area contributed by atoms with Gasteiger partial charge in [0, 0.05) is 43.4 Å². The first-order chi connectivity index (χ1) is 16.7. The van der Waals surface area contributed by atoms with E-state index in [-0.39, 0.29) is 18.2 Å². The predicted molar refractivity (Wildman–Crippen MR) is 125 cm³/mol. The van der Waals surface area contributed by atoms with Gasteiger partial charge in [0.2, 0.25) is 5.91 Å². The number of rotatable bonds is 6. The minimum absolute atomic E-state index is 0.0596. The van der Waals surface area contributed by atoms with E-state index < -0.39 is 12.3 Å². The van der Waals surface area contributed by atoms with Crippen molar-refractivity contribution in [3.63, 3.8) is 0 Å². The Morgan fingerprint density at radius 1 is 1.03 bits per heavy atom. The molecule has 0 radical (unpaired) electrons. The summed E-state index contributed by atoms with van der Waals surface area (Å²) >= 11 is 1.20. The molecule has 184 valence electrons. The zero-order chi connectivity index (χ0) is 24.8. The Labute approximate surface area is 202 Å². The molecule has 1 aromatic carbocycles. The summed E-state index contributed by atoms with van der Waals surface area (Å²) in [6, 6.07) is 10.3. The molecular weight excluding hydrogens is 485 g/mol. The van der Waals surface area contributed by atoms with E-state index >= 15 is 0 Å². The van der Waals surface area contributed by atoms with Crippen molar-refractivity contribution in [1.82, 2.24) is 14.9 Å². The molecule has 0 bridgehead atoms. The standard InChI is InChI=1S/C22H21F3N6O3S/c23-22(24,25)34-17-6-4-15(5-7-17)27-19(32)13-16-14-35-20(28-16)29-21(33)31-11-9-30(10-12-31)18-3-1-2-8-26-18/h1-8,14H,9-13H2,(H,27,32)(H,28,29,33). The number of carbonyl (C=O) groups is 2. The first kappa shape index (κ1) is 24.3. The molecule has 0 atom stereocenters. The van der Waals surface area contributed by atoms with Crippen LogP contribution in [-0.4, -0.2) is 59.3 Å². The van der Waals surface area contributed by atoms with Crippen LogP contribution in [0.5, 0.6) is 5.75 Å². The Morgan fingerprint density at radius 2 is 1.77 bits per heavy atom. The Balaban J connectivity index is 1.23. The molecule has 2 N–H and O–H groups in total. The number of carbonyl (C=O) groups excluding carboxylic acids is 2. The molecule has 1 aliphatic rings. The van der Waals surface area contributed by atoms with Crippen LogP contribution in [-0.2, 0) is 11.2 Å². The predicted octanol–water partition coefficient (Wildman–Crippen LogP) is 3.97. The zero-order valence-electron chi connectivity index (χ0n) is 18.3. The average Bonchev–Trinajstić information content (AvgIpc) is 3.26. The first-order valence-electron chi connectivity index (χ1n) is 10.6. The summed E-state index contributed by atoms with van der Waals surface area (Å²) in [5.74, 6) is 0.0952. The molecule has 3 aromatic rings. The topological polar surface area (TPSA) is 99.7 Å². The third-order valence-corrected chi connectivity index (χ3v) is 5.83. The van der Waals surface area contributed by atoms with Gasteiger partial charge in [0.05, 0.1) is 12.1 Å². The van der Waals surface area contributed by atoms with Crippen LogP contribution in [0.3, 0.4) is 0 Å². The Kier molecular flexibility index (Phi) is 7.34. The molecule has 3 heterocycles. The number of amides is 3. The number of anilines is 3. The summed E-state index contributed by atoms with van der Waals surface area (Å²) in [6.07, 6.45) is -3.11. The largest absolute Gasteiger partial charge is 0.573 e. The van der Waals surface area contributed by atoms with Crippen molar-refractivity contribution in [3.8, 4) is 5.75 Å².